The lowest BCUT2D eigenvalue weighted by Gasteiger charge is -2.46. The number of aliphatic hydroxyl groups is 1. The van der Waals surface area contributed by atoms with Crippen molar-refractivity contribution in [3.8, 4) is 0 Å². The van der Waals surface area contributed by atoms with Gasteiger partial charge in [-0.25, -0.2) is 0 Å². The second kappa shape index (κ2) is 3.14. The van der Waals surface area contributed by atoms with E-state index in [0.29, 0.717) is 13.1 Å². The molecule has 1 aromatic rings. The summed E-state index contributed by atoms with van der Waals surface area (Å²) in [5.41, 5.74) is 7.06. The molecular weight excluding hydrogens is 244 g/mol. The van der Waals surface area contributed by atoms with Crippen LogP contribution in [0.2, 0.25) is 0 Å². The first kappa shape index (κ1) is 9.80. The summed E-state index contributed by atoms with van der Waals surface area (Å²) in [7, 11) is 0. The summed E-state index contributed by atoms with van der Waals surface area (Å²) in [4.78, 5) is 2.07. The van der Waals surface area contributed by atoms with Gasteiger partial charge in [0.1, 0.15) is 0 Å². The minimum atomic E-state index is -0.556. The van der Waals surface area contributed by atoms with Gasteiger partial charge in [-0.05, 0) is 25.1 Å². The van der Waals surface area contributed by atoms with Crippen LogP contribution in [0.3, 0.4) is 0 Å². The quantitative estimate of drug-likeness (QED) is 0.751. The van der Waals surface area contributed by atoms with Crippen LogP contribution in [0.5, 0.6) is 0 Å². The van der Waals surface area contributed by atoms with Crippen molar-refractivity contribution in [1.82, 2.24) is 0 Å². The third kappa shape index (κ3) is 1.72. The summed E-state index contributed by atoms with van der Waals surface area (Å²) in [6, 6.07) is 5.80. The summed E-state index contributed by atoms with van der Waals surface area (Å²) in [6.45, 7) is 3.14. The molecule has 1 aliphatic heterocycles. The van der Waals surface area contributed by atoms with E-state index in [4.69, 9.17) is 5.73 Å². The molecule has 3 N–H and O–H groups in total. The summed E-state index contributed by atoms with van der Waals surface area (Å²) in [5, 5.41) is 9.60. The minimum Gasteiger partial charge on any atom is -0.397 e. The molecule has 1 aromatic carbocycles. The first-order valence-electron chi connectivity index (χ1n) is 4.50. The van der Waals surface area contributed by atoms with Gasteiger partial charge in [0, 0.05) is 17.6 Å². The van der Waals surface area contributed by atoms with Gasteiger partial charge in [-0.2, -0.15) is 0 Å². The zero-order valence-electron chi connectivity index (χ0n) is 8.00. The lowest BCUT2D eigenvalue weighted by Crippen LogP contribution is -2.60. The van der Waals surface area contributed by atoms with E-state index in [1.54, 1.807) is 0 Å². The summed E-state index contributed by atoms with van der Waals surface area (Å²) >= 11 is 3.36. The van der Waals surface area contributed by atoms with Gasteiger partial charge in [0.15, 0.2) is 0 Å². The number of rotatable bonds is 1. The van der Waals surface area contributed by atoms with Gasteiger partial charge >= 0.3 is 0 Å². The van der Waals surface area contributed by atoms with E-state index < -0.39 is 5.60 Å². The Hall–Kier alpha value is -0.740. The van der Waals surface area contributed by atoms with Crippen LogP contribution in [0.1, 0.15) is 6.92 Å². The Bertz CT molecular complexity index is 357. The number of nitrogens with two attached hydrogens (primary N) is 1. The van der Waals surface area contributed by atoms with Gasteiger partial charge in [-0.1, -0.05) is 15.9 Å². The Morgan fingerprint density at radius 2 is 2.14 bits per heavy atom. The van der Waals surface area contributed by atoms with E-state index in [0.717, 1.165) is 15.8 Å². The number of hydrogen-bond acceptors (Lipinski definition) is 3. The molecule has 0 amide bonds. The third-order valence-corrected chi connectivity index (χ3v) is 2.89. The maximum absolute atomic E-state index is 9.60. The van der Waals surface area contributed by atoms with Crippen LogP contribution in [0.15, 0.2) is 22.7 Å². The molecule has 1 heterocycles. The molecule has 1 saturated heterocycles. The predicted molar refractivity (Wildman–Crippen MR) is 61.4 cm³/mol. The fourth-order valence-electron chi connectivity index (χ4n) is 1.76. The van der Waals surface area contributed by atoms with Gasteiger partial charge in [0.2, 0.25) is 0 Å². The van der Waals surface area contributed by atoms with Crippen LogP contribution in [0, 0.1) is 0 Å². The number of anilines is 2. The van der Waals surface area contributed by atoms with Gasteiger partial charge in [-0.15, -0.1) is 0 Å². The normalized spacial score (nSPS) is 19.2. The first-order chi connectivity index (χ1) is 6.48. The largest absolute Gasteiger partial charge is 0.397 e. The molecule has 76 valence electrons. The summed E-state index contributed by atoms with van der Waals surface area (Å²) in [6.07, 6.45) is 0. The van der Waals surface area contributed by atoms with E-state index in [1.807, 2.05) is 25.1 Å². The molecule has 0 bridgehead atoms. The lowest BCUT2D eigenvalue weighted by molar-refractivity contribution is 0.0311. The van der Waals surface area contributed by atoms with Crippen molar-refractivity contribution in [3.63, 3.8) is 0 Å². The third-order valence-electron chi connectivity index (χ3n) is 2.39. The zero-order valence-corrected chi connectivity index (χ0v) is 9.58. The molecule has 2 rings (SSSR count). The van der Waals surface area contributed by atoms with Crippen LogP contribution in [-0.4, -0.2) is 23.8 Å². The first-order valence-corrected chi connectivity index (χ1v) is 5.30. The number of β-amino-alcohol motifs (C(OH)–C–C–N with tert-alkyl or cyclic N) is 1. The molecule has 0 saturated carbocycles. The van der Waals surface area contributed by atoms with Gasteiger partial charge in [0.05, 0.1) is 17.0 Å². The minimum absolute atomic E-state index is 0.556. The van der Waals surface area contributed by atoms with Crippen LogP contribution in [-0.2, 0) is 0 Å². The Labute approximate surface area is 91.6 Å². The average Bonchev–Trinajstić information content (AvgIpc) is 2.00. The molecule has 0 radical (unpaired) electrons. The van der Waals surface area contributed by atoms with E-state index in [9.17, 15) is 5.11 Å². The topological polar surface area (TPSA) is 49.5 Å². The van der Waals surface area contributed by atoms with Crippen molar-refractivity contribution in [3.05, 3.63) is 22.7 Å². The molecule has 1 aliphatic rings. The molecule has 0 aliphatic carbocycles. The maximum atomic E-state index is 9.60. The highest BCUT2D eigenvalue weighted by Crippen LogP contribution is 2.33. The van der Waals surface area contributed by atoms with Crippen molar-refractivity contribution in [2.75, 3.05) is 23.7 Å². The Morgan fingerprint density at radius 1 is 1.50 bits per heavy atom. The molecule has 0 spiro atoms. The number of nitrogens with zero attached hydrogens (tertiary/aromatic N) is 1. The van der Waals surface area contributed by atoms with Crippen molar-refractivity contribution in [2.24, 2.45) is 0 Å². The van der Waals surface area contributed by atoms with Crippen LogP contribution in [0.4, 0.5) is 11.4 Å². The Balaban J connectivity index is 2.19. The van der Waals surface area contributed by atoms with E-state index >= 15 is 0 Å². The van der Waals surface area contributed by atoms with E-state index in [2.05, 4.69) is 20.8 Å². The number of halogens is 1. The molecule has 0 unspecified atom stereocenters. The fourth-order valence-corrected chi connectivity index (χ4v) is 2.14. The van der Waals surface area contributed by atoms with Crippen molar-refractivity contribution in [2.45, 2.75) is 12.5 Å². The van der Waals surface area contributed by atoms with Crippen LogP contribution in [0.25, 0.3) is 0 Å². The zero-order chi connectivity index (χ0) is 10.3. The highest BCUT2D eigenvalue weighted by molar-refractivity contribution is 9.10. The number of benzene rings is 1. The van der Waals surface area contributed by atoms with Crippen molar-refractivity contribution < 1.29 is 5.11 Å². The van der Waals surface area contributed by atoms with Crippen LogP contribution < -0.4 is 10.6 Å². The van der Waals surface area contributed by atoms with Gasteiger partial charge in [0.25, 0.3) is 0 Å². The fraction of sp³-hybridized carbons (Fsp3) is 0.400. The van der Waals surface area contributed by atoms with Crippen LogP contribution >= 0.6 is 15.9 Å². The molecular formula is C10H13BrN2O. The second-order valence-corrected chi connectivity index (χ2v) is 4.97. The second-order valence-electron chi connectivity index (χ2n) is 4.06. The Kier molecular flexibility index (Phi) is 2.20. The SMILES string of the molecule is CC1(O)CN(c2ccc(Br)cc2N)C1. The number of nitrogen functional groups attached to an aromatic ring is 1. The lowest BCUT2D eigenvalue weighted by atomic mass is 9.96. The predicted octanol–water partition coefficient (Wildman–Crippen LogP) is 1.60. The molecule has 1 fully saturated rings. The molecule has 4 heteroatoms. The monoisotopic (exact) mass is 256 g/mol. The maximum Gasteiger partial charge on any atom is 0.0967 e. The molecule has 14 heavy (non-hydrogen) atoms. The molecule has 0 aromatic heterocycles. The van der Waals surface area contributed by atoms with Crippen molar-refractivity contribution >= 4 is 27.3 Å². The average molecular weight is 257 g/mol. The number of hydrogen-bond donors (Lipinski definition) is 2. The summed E-state index contributed by atoms with van der Waals surface area (Å²) in [5.74, 6) is 0. The van der Waals surface area contributed by atoms with Gasteiger partial charge < -0.3 is 15.7 Å². The molecule has 0 atom stereocenters. The van der Waals surface area contributed by atoms with Crippen molar-refractivity contribution in [1.29, 1.82) is 0 Å². The highest BCUT2D eigenvalue weighted by atomic mass is 79.9. The van der Waals surface area contributed by atoms with E-state index in [1.165, 1.54) is 0 Å². The molecule has 3 nitrogen and oxygen atoms in total. The standard InChI is InChI=1S/C10H13BrN2O/c1-10(14)5-13(6-10)9-3-2-7(11)4-8(9)12/h2-4,14H,5-6,12H2,1H3. The van der Waals surface area contributed by atoms with E-state index in [-0.39, 0.29) is 0 Å². The van der Waals surface area contributed by atoms with Gasteiger partial charge in [-0.3, -0.25) is 0 Å². The summed E-state index contributed by atoms with van der Waals surface area (Å²) < 4.78 is 0.978. The smallest absolute Gasteiger partial charge is 0.0967 e. The Morgan fingerprint density at radius 3 is 2.64 bits per heavy atom. The highest BCUT2D eigenvalue weighted by Gasteiger charge is 2.37.